The van der Waals surface area contributed by atoms with Crippen LogP contribution in [0.3, 0.4) is 0 Å². The number of esters is 1. The van der Waals surface area contributed by atoms with Crippen LogP contribution in [0.4, 0.5) is 5.95 Å². The summed E-state index contributed by atoms with van der Waals surface area (Å²) in [4.78, 5) is 34.2. The minimum atomic E-state index is -0.713. The van der Waals surface area contributed by atoms with Crippen LogP contribution in [0.15, 0.2) is 41.5 Å². The number of nitrogens with two attached hydrogens (primary N) is 2. The van der Waals surface area contributed by atoms with Gasteiger partial charge in [-0.05, 0) is 18.4 Å². The molecular weight excluding hydrogens is 336 g/mol. The number of aryl methyl sites for hydroxylation is 1. The van der Waals surface area contributed by atoms with Crippen molar-refractivity contribution in [2.75, 3.05) is 5.73 Å². The molecule has 26 heavy (non-hydrogen) atoms. The van der Waals surface area contributed by atoms with E-state index in [0.29, 0.717) is 25.0 Å². The van der Waals surface area contributed by atoms with Gasteiger partial charge in [-0.2, -0.15) is 4.98 Å². The molecule has 0 saturated heterocycles. The van der Waals surface area contributed by atoms with Crippen LogP contribution in [0.1, 0.15) is 18.4 Å². The summed E-state index contributed by atoms with van der Waals surface area (Å²) in [7, 11) is 0. The van der Waals surface area contributed by atoms with Crippen molar-refractivity contribution in [3.8, 4) is 0 Å². The van der Waals surface area contributed by atoms with E-state index in [1.165, 1.54) is 6.33 Å². The number of hydrogen-bond donors (Lipinski definition) is 3. The molecule has 0 aliphatic heterocycles. The monoisotopic (exact) mass is 356 g/mol. The Hall–Kier alpha value is -3.20. The predicted molar refractivity (Wildman–Crippen MR) is 96.0 cm³/mol. The molecule has 5 N–H and O–H groups in total. The number of carbonyl (C=O) groups is 1. The topological polar surface area (TPSA) is 142 Å². The maximum Gasteiger partial charge on any atom is 0.323 e. The number of aromatic amines is 1. The molecule has 1 atom stereocenters. The van der Waals surface area contributed by atoms with Gasteiger partial charge >= 0.3 is 5.97 Å². The van der Waals surface area contributed by atoms with Gasteiger partial charge in [0, 0.05) is 6.54 Å². The Morgan fingerprint density at radius 3 is 2.85 bits per heavy atom. The first-order valence-electron chi connectivity index (χ1n) is 8.21. The molecule has 2 heterocycles. The Bertz CT molecular complexity index is 950. The van der Waals surface area contributed by atoms with E-state index in [0.717, 1.165) is 5.56 Å². The molecule has 1 aromatic carbocycles. The number of benzene rings is 1. The normalized spacial score (nSPS) is 12.2. The third kappa shape index (κ3) is 4.06. The van der Waals surface area contributed by atoms with Crippen LogP contribution in [-0.4, -0.2) is 31.5 Å². The summed E-state index contributed by atoms with van der Waals surface area (Å²) >= 11 is 0. The molecule has 9 heteroatoms. The number of H-pyrrole nitrogens is 1. The minimum absolute atomic E-state index is 0.0328. The van der Waals surface area contributed by atoms with Crippen molar-refractivity contribution in [2.24, 2.45) is 5.73 Å². The quantitative estimate of drug-likeness (QED) is 0.525. The SMILES string of the molecule is Nc1nc2c(ncn2CCC[C@H](N)C(=O)OCc2ccccc2)c(=O)[nH]1. The molecule has 9 nitrogen and oxygen atoms in total. The molecule has 0 spiro atoms. The van der Waals surface area contributed by atoms with Crippen LogP contribution in [0, 0.1) is 0 Å². The summed E-state index contributed by atoms with van der Waals surface area (Å²) in [5.74, 6) is -0.409. The molecule has 0 saturated carbocycles. The Balaban J connectivity index is 1.51. The predicted octanol–water partition coefficient (Wildman–Crippen LogP) is 0.553. The summed E-state index contributed by atoms with van der Waals surface area (Å²) in [5, 5.41) is 0. The van der Waals surface area contributed by atoms with Gasteiger partial charge in [0.15, 0.2) is 11.2 Å². The number of hydrogen-bond acceptors (Lipinski definition) is 7. The van der Waals surface area contributed by atoms with Gasteiger partial charge in [-0.15, -0.1) is 0 Å². The third-order valence-corrected chi connectivity index (χ3v) is 3.93. The fourth-order valence-corrected chi connectivity index (χ4v) is 2.57. The largest absolute Gasteiger partial charge is 0.460 e. The Kier molecular flexibility index (Phi) is 5.28. The number of aromatic nitrogens is 4. The van der Waals surface area contributed by atoms with Gasteiger partial charge in [0.1, 0.15) is 12.6 Å². The number of fused-ring (bicyclic) bond motifs is 1. The van der Waals surface area contributed by atoms with Crippen molar-refractivity contribution in [3.63, 3.8) is 0 Å². The number of carbonyl (C=O) groups excluding carboxylic acids is 1. The van der Waals surface area contributed by atoms with Gasteiger partial charge < -0.3 is 20.8 Å². The summed E-state index contributed by atoms with van der Waals surface area (Å²) in [6, 6.07) is 8.70. The van der Waals surface area contributed by atoms with E-state index in [4.69, 9.17) is 16.2 Å². The molecule has 0 fully saturated rings. The highest BCUT2D eigenvalue weighted by Crippen LogP contribution is 2.09. The number of nitrogens with zero attached hydrogens (tertiary/aromatic N) is 3. The van der Waals surface area contributed by atoms with E-state index >= 15 is 0 Å². The van der Waals surface area contributed by atoms with Crippen molar-refractivity contribution in [3.05, 3.63) is 52.6 Å². The Labute approximate surface area is 149 Å². The van der Waals surface area contributed by atoms with Gasteiger partial charge in [-0.25, -0.2) is 4.98 Å². The summed E-state index contributed by atoms with van der Waals surface area (Å²) in [6.07, 6.45) is 2.55. The molecule has 0 amide bonds. The zero-order chi connectivity index (χ0) is 18.5. The van der Waals surface area contributed by atoms with E-state index in [-0.39, 0.29) is 23.6 Å². The molecule has 0 bridgehead atoms. The number of imidazole rings is 1. The van der Waals surface area contributed by atoms with Gasteiger partial charge in [0.25, 0.3) is 5.56 Å². The minimum Gasteiger partial charge on any atom is -0.460 e. The van der Waals surface area contributed by atoms with Crippen molar-refractivity contribution >= 4 is 23.1 Å². The first-order chi connectivity index (χ1) is 12.5. The second kappa shape index (κ2) is 7.79. The molecular formula is C17H20N6O3. The highest BCUT2D eigenvalue weighted by atomic mass is 16.5. The lowest BCUT2D eigenvalue weighted by Gasteiger charge is -2.12. The fourth-order valence-electron chi connectivity index (χ4n) is 2.57. The van der Waals surface area contributed by atoms with Crippen LogP contribution >= 0.6 is 0 Å². The van der Waals surface area contributed by atoms with E-state index in [1.54, 1.807) is 4.57 Å². The van der Waals surface area contributed by atoms with E-state index in [1.807, 2.05) is 30.3 Å². The molecule has 0 radical (unpaired) electrons. The average Bonchev–Trinajstić information content (AvgIpc) is 3.03. The Morgan fingerprint density at radius 2 is 2.08 bits per heavy atom. The number of anilines is 1. The van der Waals surface area contributed by atoms with Crippen molar-refractivity contribution in [1.82, 2.24) is 19.5 Å². The number of rotatable bonds is 7. The maximum atomic E-state index is 12.0. The molecule has 0 aliphatic carbocycles. The van der Waals surface area contributed by atoms with Crippen LogP contribution in [0.5, 0.6) is 0 Å². The van der Waals surface area contributed by atoms with Crippen LogP contribution in [0.25, 0.3) is 11.2 Å². The first-order valence-corrected chi connectivity index (χ1v) is 8.21. The van der Waals surface area contributed by atoms with Gasteiger partial charge in [-0.3, -0.25) is 14.6 Å². The first kappa shape index (κ1) is 17.6. The summed E-state index contributed by atoms with van der Waals surface area (Å²) < 4.78 is 6.93. The highest BCUT2D eigenvalue weighted by Gasteiger charge is 2.15. The molecule has 3 aromatic rings. The molecule has 3 rings (SSSR count). The van der Waals surface area contributed by atoms with E-state index in [2.05, 4.69) is 15.0 Å². The van der Waals surface area contributed by atoms with Crippen molar-refractivity contribution in [1.29, 1.82) is 0 Å². The fraction of sp³-hybridized carbons (Fsp3) is 0.294. The lowest BCUT2D eigenvalue weighted by atomic mass is 10.1. The number of ether oxygens (including phenoxy) is 1. The zero-order valence-corrected chi connectivity index (χ0v) is 14.1. The van der Waals surface area contributed by atoms with Crippen molar-refractivity contribution in [2.45, 2.75) is 32.0 Å². The summed E-state index contributed by atoms with van der Waals surface area (Å²) in [6.45, 7) is 0.706. The lowest BCUT2D eigenvalue weighted by molar-refractivity contribution is -0.146. The van der Waals surface area contributed by atoms with E-state index < -0.39 is 12.0 Å². The van der Waals surface area contributed by atoms with Gasteiger partial charge in [-0.1, -0.05) is 30.3 Å². The Morgan fingerprint density at radius 1 is 1.31 bits per heavy atom. The molecule has 136 valence electrons. The standard InChI is InChI=1S/C17H20N6O3/c18-12(16(25)26-9-11-5-2-1-3-6-11)7-4-8-23-10-20-13-14(23)21-17(19)22-15(13)24/h1-3,5-6,10,12H,4,7-9,18H2,(H3,19,21,22,24)/t12-/m0/s1. The van der Waals surface area contributed by atoms with E-state index in [9.17, 15) is 9.59 Å². The average molecular weight is 356 g/mol. The molecule has 0 unspecified atom stereocenters. The lowest BCUT2D eigenvalue weighted by Crippen LogP contribution is -2.32. The highest BCUT2D eigenvalue weighted by molar-refractivity contribution is 5.75. The molecule has 0 aliphatic rings. The second-order valence-corrected chi connectivity index (χ2v) is 5.90. The number of nitrogens with one attached hydrogen (secondary N) is 1. The van der Waals surface area contributed by atoms with Crippen LogP contribution in [-0.2, 0) is 22.7 Å². The summed E-state index contributed by atoms with van der Waals surface area (Å²) in [5.41, 5.74) is 12.6. The van der Waals surface area contributed by atoms with Crippen LogP contribution < -0.4 is 17.0 Å². The smallest absolute Gasteiger partial charge is 0.323 e. The molecule has 2 aromatic heterocycles. The number of nitrogen functional groups attached to an aromatic ring is 1. The second-order valence-electron chi connectivity index (χ2n) is 5.90. The zero-order valence-electron chi connectivity index (χ0n) is 14.1. The van der Waals surface area contributed by atoms with Gasteiger partial charge in [0.2, 0.25) is 5.95 Å². The van der Waals surface area contributed by atoms with Crippen molar-refractivity contribution < 1.29 is 9.53 Å². The third-order valence-electron chi connectivity index (χ3n) is 3.93. The van der Waals surface area contributed by atoms with Gasteiger partial charge in [0.05, 0.1) is 6.33 Å². The maximum absolute atomic E-state index is 12.0. The van der Waals surface area contributed by atoms with Crippen LogP contribution in [0.2, 0.25) is 0 Å².